The first kappa shape index (κ1) is 12.6. The average molecular weight is 248 g/mol. The lowest BCUT2D eigenvalue weighted by Gasteiger charge is -2.16. The summed E-state index contributed by atoms with van der Waals surface area (Å²) >= 11 is 0. The van der Waals surface area contributed by atoms with E-state index in [1.54, 1.807) is 39.1 Å². The van der Waals surface area contributed by atoms with Crippen LogP contribution in [0.15, 0.2) is 27.4 Å². The molecule has 0 amide bonds. The Morgan fingerprint density at radius 2 is 2.11 bits per heavy atom. The third kappa shape index (κ3) is 2.36. The maximum Gasteiger partial charge on any atom is 0.419 e. The van der Waals surface area contributed by atoms with Crippen molar-refractivity contribution in [3.63, 3.8) is 0 Å². The lowest BCUT2D eigenvalue weighted by atomic mass is 9.95. The van der Waals surface area contributed by atoms with Crippen molar-refractivity contribution in [2.75, 3.05) is 0 Å². The van der Waals surface area contributed by atoms with Gasteiger partial charge in [0.25, 0.3) is 0 Å². The highest BCUT2D eigenvalue weighted by Crippen LogP contribution is 2.17. The van der Waals surface area contributed by atoms with Crippen molar-refractivity contribution in [1.82, 2.24) is 4.57 Å². The maximum atomic E-state index is 12.0. The molecule has 0 saturated carbocycles. The summed E-state index contributed by atoms with van der Waals surface area (Å²) in [4.78, 5) is 23.3. The highest BCUT2D eigenvalue weighted by Gasteiger charge is 2.18. The van der Waals surface area contributed by atoms with E-state index < -0.39 is 11.3 Å². The largest absolute Gasteiger partial charge is 0.419 e. The molecule has 96 valence electrons. The number of nitrogens with zero attached hydrogens (tertiary/aromatic N) is 1. The molecule has 0 aliphatic carbocycles. The van der Waals surface area contributed by atoms with Crippen molar-refractivity contribution in [3.05, 3.63) is 34.3 Å². The van der Waals surface area contributed by atoms with Gasteiger partial charge in [0.1, 0.15) is 0 Å². The van der Waals surface area contributed by atoms with Gasteiger partial charge in [-0.15, -0.1) is 0 Å². The van der Waals surface area contributed by atoms with Crippen molar-refractivity contribution in [1.29, 1.82) is 0 Å². The van der Waals surface area contributed by atoms with Crippen molar-refractivity contribution in [2.24, 2.45) is 12.8 Å². The number of carbonyl (C=O) groups excluding carboxylic acids is 1. The highest BCUT2D eigenvalue weighted by molar-refractivity contribution is 5.99. The molecule has 5 heteroatoms. The Labute approximate surface area is 104 Å². The first-order valence-corrected chi connectivity index (χ1v) is 5.69. The number of aryl methyl sites for hydroxylation is 1. The van der Waals surface area contributed by atoms with E-state index in [1.165, 1.54) is 4.57 Å². The summed E-state index contributed by atoms with van der Waals surface area (Å²) < 4.78 is 6.44. The van der Waals surface area contributed by atoms with Crippen LogP contribution in [-0.2, 0) is 7.05 Å². The van der Waals surface area contributed by atoms with Crippen LogP contribution < -0.4 is 11.5 Å². The van der Waals surface area contributed by atoms with Crippen LogP contribution in [0.1, 0.15) is 30.6 Å². The highest BCUT2D eigenvalue weighted by atomic mass is 16.4. The molecule has 1 aromatic carbocycles. The zero-order valence-electron chi connectivity index (χ0n) is 10.7. The molecule has 0 atom stereocenters. The molecule has 0 saturated heterocycles. The molecule has 0 fully saturated rings. The molecule has 0 bridgehead atoms. The molecule has 0 aliphatic rings. The smallest absolute Gasteiger partial charge is 0.408 e. The van der Waals surface area contributed by atoms with Gasteiger partial charge >= 0.3 is 5.76 Å². The number of rotatable bonds is 3. The van der Waals surface area contributed by atoms with Gasteiger partial charge in [-0.2, -0.15) is 0 Å². The Hall–Kier alpha value is -1.88. The molecular formula is C13H16N2O3. The van der Waals surface area contributed by atoms with E-state index in [0.717, 1.165) is 0 Å². The van der Waals surface area contributed by atoms with Gasteiger partial charge in [-0.3, -0.25) is 9.36 Å². The van der Waals surface area contributed by atoms with E-state index in [2.05, 4.69) is 0 Å². The molecule has 1 heterocycles. The van der Waals surface area contributed by atoms with Gasteiger partial charge in [0.15, 0.2) is 11.4 Å². The number of oxazole rings is 1. The second kappa shape index (κ2) is 4.10. The zero-order valence-corrected chi connectivity index (χ0v) is 10.7. The Bertz CT molecular complexity index is 659. The van der Waals surface area contributed by atoms with Crippen LogP contribution in [-0.4, -0.2) is 15.9 Å². The molecule has 5 nitrogen and oxygen atoms in total. The third-order valence-corrected chi connectivity index (χ3v) is 2.73. The topological polar surface area (TPSA) is 78.2 Å². The van der Waals surface area contributed by atoms with Gasteiger partial charge < -0.3 is 10.2 Å². The molecule has 2 aromatic rings. The predicted octanol–water partition coefficient (Wildman–Crippen LogP) is 1.44. The molecule has 2 rings (SSSR count). The maximum absolute atomic E-state index is 12.0. The second-order valence-electron chi connectivity index (χ2n) is 5.20. The third-order valence-electron chi connectivity index (χ3n) is 2.73. The van der Waals surface area contributed by atoms with E-state index in [1.807, 2.05) is 0 Å². The lowest BCUT2D eigenvalue weighted by Crippen LogP contribution is -2.34. The van der Waals surface area contributed by atoms with Crippen molar-refractivity contribution < 1.29 is 9.21 Å². The number of fused-ring (bicyclic) bond motifs is 1. The fraction of sp³-hybridized carbons (Fsp3) is 0.385. The summed E-state index contributed by atoms with van der Waals surface area (Å²) in [5.74, 6) is -0.496. The number of carbonyl (C=O) groups is 1. The Morgan fingerprint density at radius 1 is 1.44 bits per heavy atom. The minimum atomic E-state index is -0.552. The fourth-order valence-electron chi connectivity index (χ4n) is 1.82. The van der Waals surface area contributed by atoms with Gasteiger partial charge in [-0.05, 0) is 32.0 Å². The van der Waals surface area contributed by atoms with Crippen LogP contribution in [0.4, 0.5) is 0 Å². The Kier molecular flexibility index (Phi) is 2.86. The van der Waals surface area contributed by atoms with Crippen LogP contribution in [0.3, 0.4) is 0 Å². The van der Waals surface area contributed by atoms with E-state index >= 15 is 0 Å². The van der Waals surface area contributed by atoms with E-state index in [9.17, 15) is 9.59 Å². The van der Waals surface area contributed by atoms with E-state index in [4.69, 9.17) is 10.2 Å². The van der Waals surface area contributed by atoms with Crippen molar-refractivity contribution >= 4 is 16.9 Å². The van der Waals surface area contributed by atoms with Crippen LogP contribution in [0, 0.1) is 0 Å². The Morgan fingerprint density at radius 3 is 2.72 bits per heavy atom. The summed E-state index contributed by atoms with van der Waals surface area (Å²) in [5, 5.41) is 0. The number of nitrogens with two attached hydrogens (primary N) is 1. The number of hydrogen-bond donors (Lipinski definition) is 1. The molecule has 2 N–H and O–H groups in total. The van der Waals surface area contributed by atoms with E-state index in [0.29, 0.717) is 16.7 Å². The van der Waals surface area contributed by atoms with Crippen molar-refractivity contribution in [2.45, 2.75) is 25.8 Å². The van der Waals surface area contributed by atoms with Gasteiger partial charge in [0.2, 0.25) is 0 Å². The molecule has 0 radical (unpaired) electrons. The van der Waals surface area contributed by atoms with Crippen molar-refractivity contribution in [3.8, 4) is 0 Å². The summed E-state index contributed by atoms with van der Waals surface area (Å²) in [6.07, 6.45) is 0.246. The van der Waals surface area contributed by atoms with Crippen LogP contribution in [0.5, 0.6) is 0 Å². The molecular weight excluding hydrogens is 232 g/mol. The minimum Gasteiger partial charge on any atom is -0.408 e. The van der Waals surface area contributed by atoms with Crippen LogP contribution in [0.25, 0.3) is 11.1 Å². The number of ketones is 1. The van der Waals surface area contributed by atoms with Gasteiger partial charge in [0.05, 0.1) is 5.52 Å². The molecule has 0 spiro atoms. The monoisotopic (exact) mass is 248 g/mol. The second-order valence-corrected chi connectivity index (χ2v) is 5.20. The van der Waals surface area contributed by atoms with Crippen LogP contribution >= 0.6 is 0 Å². The number of benzene rings is 1. The minimum absolute atomic E-state index is 0.0593. The summed E-state index contributed by atoms with van der Waals surface area (Å²) in [7, 11) is 1.62. The van der Waals surface area contributed by atoms with Gasteiger partial charge in [-0.25, -0.2) is 4.79 Å². The lowest BCUT2D eigenvalue weighted by molar-refractivity contribution is 0.0960. The molecule has 18 heavy (non-hydrogen) atoms. The first-order valence-electron chi connectivity index (χ1n) is 5.69. The van der Waals surface area contributed by atoms with Crippen LogP contribution in [0.2, 0.25) is 0 Å². The number of aromatic nitrogens is 1. The summed E-state index contributed by atoms with van der Waals surface area (Å²) in [6.45, 7) is 3.60. The SMILES string of the molecule is Cn1c(=O)oc2cc(C(=O)CC(C)(C)N)ccc21. The normalized spacial score (nSPS) is 12.0. The predicted molar refractivity (Wildman–Crippen MR) is 68.7 cm³/mol. The Balaban J connectivity index is 2.42. The molecule has 0 unspecified atom stereocenters. The molecule has 1 aromatic heterocycles. The van der Waals surface area contributed by atoms with Gasteiger partial charge in [0, 0.05) is 24.6 Å². The molecule has 0 aliphatic heterocycles. The summed E-state index contributed by atoms with van der Waals surface area (Å²) in [6, 6.07) is 4.98. The zero-order chi connectivity index (χ0) is 13.5. The quantitative estimate of drug-likeness (QED) is 0.834. The number of hydrogen-bond acceptors (Lipinski definition) is 4. The van der Waals surface area contributed by atoms with E-state index in [-0.39, 0.29) is 12.2 Å². The van der Waals surface area contributed by atoms with Gasteiger partial charge in [-0.1, -0.05) is 0 Å². The summed E-state index contributed by atoms with van der Waals surface area (Å²) in [5.41, 5.74) is 6.86. The standard InChI is InChI=1S/C13H16N2O3/c1-13(2,14)7-10(16)8-4-5-9-11(6-8)18-12(17)15(9)3/h4-6H,7,14H2,1-3H3. The first-order chi connectivity index (χ1) is 8.28. The number of Topliss-reactive ketones (excluding diaryl/α,β-unsaturated/α-hetero) is 1. The fourth-order valence-corrected chi connectivity index (χ4v) is 1.82. The average Bonchev–Trinajstić information content (AvgIpc) is 2.52.